The highest BCUT2D eigenvalue weighted by molar-refractivity contribution is 7.11. The highest BCUT2D eigenvalue weighted by Gasteiger charge is 2.20. The van der Waals surface area contributed by atoms with Crippen molar-refractivity contribution < 1.29 is 10.5 Å². The van der Waals surface area contributed by atoms with Crippen molar-refractivity contribution in [3.05, 3.63) is 32.7 Å². The quantitative estimate of drug-likeness (QED) is 0.700. The molecule has 0 radical (unpaired) electrons. The number of tetrazole rings is 1. The van der Waals surface area contributed by atoms with Crippen LogP contribution in [-0.2, 0) is 13.7 Å². The lowest BCUT2D eigenvalue weighted by Crippen LogP contribution is -2.23. The van der Waals surface area contributed by atoms with Crippen molar-refractivity contribution >= 4 is 22.9 Å². The Morgan fingerprint density at radius 1 is 1.55 bits per heavy atom. The van der Waals surface area contributed by atoms with E-state index >= 15 is 0 Å². The number of ether oxygens (including phenoxy) is 1. The van der Waals surface area contributed by atoms with Crippen LogP contribution in [0.2, 0.25) is 0 Å². The summed E-state index contributed by atoms with van der Waals surface area (Å²) in [7, 11) is 1.43. The maximum atomic E-state index is 13.8. The molecular formula is C9H7FN6O2S2. The van der Waals surface area contributed by atoms with Crippen LogP contribution in [0.15, 0.2) is 16.3 Å². The monoisotopic (exact) mass is 316 g/mol. The van der Waals surface area contributed by atoms with Gasteiger partial charge in [-0.25, -0.2) is 9.78 Å². The van der Waals surface area contributed by atoms with Gasteiger partial charge in [-0.2, -0.15) is 13.4 Å². The van der Waals surface area contributed by atoms with Crippen LogP contribution in [0.1, 0.15) is 6.93 Å². The van der Waals surface area contributed by atoms with Crippen molar-refractivity contribution in [3.8, 4) is 11.0 Å². The lowest BCUT2D eigenvalue weighted by molar-refractivity contribution is 0.299. The Hall–Kier alpha value is -2.14. The van der Waals surface area contributed by atoms with Gasteiger partial charge >= 0.3 is 5.69 Å². The minimum Gasteiger partial charge on any atom is -0.465 e. The van der Waals surface area contributed by atoms with E-state index in [1.807, 2.05) is 0 Å². The third-order valence-electron chi connectivity index (χ3n) is 2.35. The van der Waals surface area contributed by atoms with Crippen LogP contribution >= 0.6 is 22.9 Å². The van der Waals surface area contributed by atoms with E-state index in [-0.39, 0.29) is 29.4 Å². The summed E-state index contributed by atoms with van der Waals surface area (Å²) in [6.45, 7) is -0.173. The summed E-state index contributed by atoms with van der Waals surface area (Å²) in [6, 6.07) is 0. The molecule has 8 nitrogen and oxygen atoms in total. The average Bonchev–Trinajstić information content (AvgIpc) is 3.11. The van der Waals surface area contributed by atoms with Crippen molar-refractivity contribution in [2.24, 2.45) is 7.05 Å². The smallest absolute Gasteiger partial charge is 0.369 e. The molecule has 0 amide bonds. The highest BCUT2D eigenvalue weighted by Crippen LogP contribution is 2.22. The van der Waals surface area contributed by atoms with Crippen LogP contribution in [0.25, 0.3) is 5.82 Å². The van der Waals surface area contributed by atoms with E-state index in [0.717, 1.165) is 20.7 Å². The molecule has 3 rings (SSSR count). The number of aromatic nitrogens is 6. The lowest BCUT2D eigenvalue weighted by atomic mass is 10.3. The van der Waals surface area contributed by atoms with Gasteiger partial charge in [0.05, 0.1) is 6.93 Å². The molecule has 0 aromatic carbocycles. The number of thiazole rings is 1. The predicted molar refractivity (Wildman–Crippen MR) is 68.7 cm³/mol. The summed E-state index contributed by atoms with van der Waals surface area (Å²) in [4.78, 5) is 15.6. The van der Waals surface area contributed by atoms with Crippen LogP contribution in [0.4, 0.5) is 4.39 Å². The zero-order chi connectivity index (χ0) is 15.0. The fourth-order valence-electron chi connectivity index (χ4n) is 1.40. The standard InChI is InChI=1S/C9H7FN6O2S2/c1-15-9(17)16(14-13-15)7-5(6(10)20-12-7)4-18-8-11-2-3-19-8/h2-3H,4H2,1H3/i2T. The van der Waals surface area contributed by atoms with E-state index < -0.39 is 10.8 Å². The van der Waals surface area contributed by atoms with E-state index in [0.29, 0.717) is 11.5 Å². The molecule has 11 heteroatoms. The van der Waals surface area contributed by atoms with Crippen molar-refractivity contribution in [1.82, 2.24) is 29.1 Å². The molecule has 0 aliphatic carbocycles. The molecule has 0 N–H and O–H groups in total. The second-order valence-corrected chi connectivity index (χ2v) is 5.13. The first kappa shape index (κ1) is 11.7. The van der Waals surface area contributed by atoms with Gasteiger partial charge in [0.25, 0.3) is 5.19 Å². The van der Waals surface area contributed by atoms with Crippen molar-refractivity contribution in [2.45, 2.75) is 6.61 Å². The molecule has 3 heterocycles. The zero-order valence-electron chi connectivity index (χ0n) is 11.0. The van der Waals surface area contributed by atoms with Gasteiger partial charge in [-0.3, -0.25) is 0 Å². The van der Waals surface area contributed by atoms with Gasteiger partial charge in [0, 0.05) is 18.6 Å². The summed E-state index contributed by atoms with van der Waals surface area (Å²) in [6.07, 6.45) is 0.0734. The van der Waals surface area contributed by atoms with Gasteiger partial charge in [-0.15, -0.1) is 4.68 Å². The predicted octanol–water partition coefficient (Wildman–Crippen LogP) is 0.597. The number of nitrogens with zero attached hydrogens (tertiary/aromatic N) is 6. The topological polar surface area (TPSA) is 87.7 Å². The van der Waals surface area contributed by atoms with Crippen LogP contribution in [0.5, 0.6) is 5.19 Å². The zero-order valence-corrected chi connectivity index (χ0v) is 11.6. The normalized spacial score (nSPS) is 11.6. The number of hydrogen-bond acceptors (Lipinski definition) is 8. The minimum atomic E-state index is -0.579. The average molecular weight is 316 g/mol. The summed E-state index contributed by atoms with van der Waals surface area (Å²) in [5.74, 6) is 0.0400. The molecule has 0 aliphatic rings. The molecule has 104 valence electrons. The Kier molecular flexibility index (Phi) is 2.97. The molecule has 0 atom stereocenters. The largest absolute Gasteiger partial charge is 0.465 e. The number of rotatable bonds is 4. The third-order valence-corrected chi connectivity index (χ3v) is 3.65. The van der Waals surface area contributed by atoms with Crippen LogP contribution in [0.3, 0.4) is 0 Å². The fourth-order valence-corrected chi connectivity index (χ4v) is 2.45. The van der Waals surface area contributed by atoms with E-state index in [1.54, 1.807) is 0 Å². The molecule has 0 bridgehead atoms. The van der Waals surface area contributed by atoms with Crippen molar-refractivity contribution in [2.75, 3.05) is 0 Å². The molecule has 0 spiro atoms. The van der Waals surface area contributed by atoms with Gasteiger partial charge in [-0.05, 0) is 22.0 Å². The number of hydrogen-bond donors (Lipinski definition) is 0. The van der Waals surface area contributed by atoms with Crippen molar-refractivity contribution in [1.29, 1.82) is 0 Å². The maximum absolute atomic E-state index is 13.8. The second kappa shape index (κ2) is 5.09. The van der Waals surface area contributed by atoms with E-state index in [4.69, 9.17) is 6.11 Å². The number of halogens is 1. The highest BCUT2D eigenvalue weighted by atomic mass is 32.1. The molecule has 0 saturated carbocycles. The van der Waals surface area contributed by atoms with Crippen LogP contribution < -0.4 is 10.4 Å². The van der Waals surface area contributed by atoms with E-state index in [9.17, 15) is 9.18 Å². The Balaban J connectivity index is 1.90. The molecule has 0 saturated heterocycles. The summed E-state index contributed by atoms with van der Waals surface area (Å²) in [5.41, 5.74) is -0.450. The van der Waals surface area contributed by atoms with Gasteiger partial charge in [0.2, 0.25) is 5.13 Å². The Morgan fingerprint density at radius 2 is 2.40 bits per heavy atom. The first-order chi connectivity index (χ1) is 10.1. The summed E-state index contributed by atoms with van der Waals surface area (Å²) >= 11 is 1.72. The maximum Gasteiger partial charge on any atom is 0.369 e. The molecule has 3 aromatic heterocycles. The molecule has 0 fully saturated rings. The molecule has 0 aliphatic heterocycles. The first-order valence-electron chi connectivity index (χ1n) is 5.74. The van der Waals surface area contributed by atoms with E-state index in [1.165, 1.54) is 12.4 Å². The Morgan fingerprint density at radius 3 is 3.05 bits per heavy atom. The van der Waals surface area contributed by atoms with Crippen LogP contribution in [-0.4, -0.2) is 29.1 Å². The SMILES string of the molecule is [3H]c1csc(OCc2c(-n3nnn(C)c3=O)nsc2F)n1. The van der Waals surface area contributed by atoms with Gasteiger partial charge < -0.3 is 4.74 Å². The second-order valence-electron chi connectivity index (χ2n) is 3.59. The van der Waals surface area contributed by atoms with Gasteiger partial charge in [0.1, 0.15) is 6.61 Å². The Bertz CT molecular complexity index is 840. The fraction of sp³-hybridized carbons (Fsp3) is 0.222. The van der Waals surface area contributed by atoms with E-state index in [2.05, 4.69) is 19.8 Å². The first-order valence-corrected chi connectivity index (χ1v) is 6.90. The minimum absolute atomic E-state index is 0.0400. The van der Waals surface area contributed by atoms with Gasteiger partial charge in [0.15, 0.2) is 5.82 Å². The summed E-state index contributed by atoms with van der Waals surface area (Å²) < 4.78 is 32.2. The molecule has 20 heavy (non-hydrogen) atoms. The molecular weight excluding hydrogens is 307 g/mol. The van der Waals surface area contributed by atoms with Crippen molar-refractivity contribution in [3.63, 3.8) is 0 Å². The van der Waals surface area contributed by atoms with Gasteiger partial charge in [-0.1, -0.05) is 11.3 Å². The summed E-state index contributed by atoms with van der Waals surface area (Å²) in [5, 5.41) is 8.31. The Labute approximate surface area is 120 Å². The molecule has 3 aromatic rings. The van der Waals surface area contributed by atoms with Crippen LogP contribution in [0, 0.1) is 5.13 Å². The lowest BCUT2D eigenvalue weighted by Gasteiger charge is -2.02. The molecule has 0 unspecified atom stereocenters. The third kappa shape index (κ3) is 2.20. The number of aryl methyl sites for hydroxylation is 1.